The summed E-state index contributed by atoms with van der Waals surface area (Å²) in [5.74, 6) is 0.399. The van der Waals surface area contributed by atoms with Crippen molar-refractivity contribution in [3.8, 4) is 5.75 Å². The summed E-state index contributed by atoms with van der Waals surface area (Å²) in [6, 6.07) is 8.73. The summed E-state index contributed by atoms with van der Waals surface area (Å²) >= 11 is 11.5. The number of nitrogens with zero attached hydrogens (tertiary/aromatic N) is 2. The van der Waals surface area contributed by atoms with E-state index in [4.69, 9.17) is 27.9 Å². The summed E-state index contributed by atoms with van der Waals surface area (Å²) in [4.78, 5) is 12.0. The Bertz CT molecular complexity index is 618. The predicted molar refractivity (Wildman–Crippen MR) is 76.2 cm³/mol. The van der Waals surface area contributed by atoms with Gasteiger partial charge in [-0.15, -0.1) is 10.2 Å². The largest absolute Gasteiger partial charge is 0.497 e. The quantitative estimate of drug-likeness (QED) is 0.943. The summed E-state index contributed by atoms with van der Waals surface area (Å²) < 4.78 is 5.06. The lowest BCUT2D eigenvalue weighted by atomic mass is 10.2. The Balaban J connectivity index is 2.02. The van der Waals surface area contributed by atoms with Crippen LogP contribution < -0.4 is 10.1 Å². The Morgan fingerprint density at radius 2 is 1.95 bits per heavy atom. The highest BCUT2D eigenvalue weighted by Crippen LogP contribution is 2.16. The second kappa shape index (κ2) is 6.54. The van der Waals surface area contributed by atoms with E-state index in [0.29, 0.717) is 6.54 Å². The first-order valence-corrected chi connectivity index (χ1v) is 6.45. The first-order chi connectivity index (χ1) is 9.60. The Kier molecular flexibility index (Phi) is 4.76. The van der Waals surface area contributed by atoms with Crippen LogP contribution in [0.5, 0.6) is 5.75 Å². The molecule has 0 fully saturated rings. The molecule has 0 spiro atoms. The highest BCUT2D eigenvalue weighted by molar-refractivity contribution is 6.34. The zero-order chi connectivity index (χ0) is 14.5. The Labute approximate surface area is 125 Å². The van der Waals surface area contributed by atoms with E-state index in [1.807, 2.05) is 24.3 Å². The van der Waals surface area contributed by atoms with Crippen LogP contribution in [-0.2, 0) is 6.54 Å². The third-order valence-corrected chi connectivity index (χ3v) is 3.04. The van der Waals surface area contributed by atoms with E-state index in [9.17, 15) is 4.79 Å². The van der Waals surface area contributed by atoms with Gasteiger partial charge in [0.05, 0.1) is 12.7 Å². The summed E-state index contributed by atoms with van der Waals surface area (Å²) in [5.41, 5.74) is 1.13. The summed E-state index contributed by atoms with van der Waals surface area (Å²) in [6.45, 7) is 0.360. The molecular formula is C13H11Cl2N3O2. The van der Waals surface area contributed by atoms with Crippen LogP contribution in [-0.4, -0.2) is 23.2 Å². The minimum Gasteiger partial charge on any atom is -0.497 e. The van der Waals surface area contributed by atoms with E-state index in [2.05, 4.69) is 15.5 Å². The maximum absolute atomic E-state index is 12.0. The van der Waals surface area contributed by atoms with Crippen molar-refractivity contribution in [2.75, 3.05) is 7.11 Å². The van der Waals surface area contributed by atoms with Gasteiger partial charge in [-0.2, -0.15) is 0 Å². The molecule has 2 rings (SSSR count). The van der Waals surface area contributed by atoms with Crippen molar-refractivity contribution in [1.29, 1.82) is 0 Å². The number of carbonyl (C=O) groups excluding carboxylic acids is 1. The van der Waals surface area contributed by atoms with Crippen LogP contribution in [0.1, 0.15) is 15.9 Å². The number of methoxy groups -OCH3 is 1. The van der Waals surface area contributed by atoms with Crippen molar-refractivity contribution in [1.82, 2.24) is 15.5 Å². The maximum Gasteiger partial charge on any atom is 0.254 e. The van der Waals surface area contributed by atoms with E-state index in [-0.39, 0.29) is 21.8 Å². The number of halogens is 2. The lowest BCUT2D eigenvalue weighted by molar-refractivity contribution is 0.0950. The standard InChI is InChI=1S/C13H11Cl2N3O2/c1-20-9-4-2-8(3-5-9)7-16-13(19)10-6-11(14)17-18-12(10)15/h2-6H,7H2,1H3,(H,16,19). The molecule has 0 aliphatic heterocycles. The average molecular weight is 312 g/mol. The van der Waals surface area contributed by atoms with Gasteiger partial charge in [0.1, 0.15) is 5.75 Å². The van der Waals surface area contributed by atoms with Crippen molar-refractivity contribution in [2.24, 2.45) is 0 Å². The van der Waals surface area contributed by atoms with E-state index in [0.717, 1.165) is 11.3 Å². The molecule has 1 N–H and O–H groups in total. The fraction of sp³-hybridized carbons (Fsp3) is 0.154. The zero-order valence-electron chi connectivity index (χ0n) is 10.6. The molecule has 0 aliphatic carbocycles. The van der Waals surface area contributed by atoms with Gasteiger partial charge in [0.2, 0.25) is 0 Å². The summed E-state index contributed by atoms with van der Waals surface area (Å²) in [7, 11) is 1.60. The second-order valence-corrected chi connectivity index (χ2v) is 4.65. The van der Waals surface area contributed by atoms with Crippen molar-refractivity contribution >= 4 is 29.1 Å². The van der Waals surface area contributed by atoms with Crippen LogP contribution in [0.4, 0.5) is 0 Å². The van der Waals surface area contributed by atoms with Gasteiger partial charge in [-0.1, -0.05) is 35.3 Å². The van der Waals surface area contributed by atoms with Gasteiger partial charge in [0.15, 0.2) is 10.3 Å². The highest BCUT2D eigenvalue weighted by atomic mass is 35.5. The van der Waals surface area contributed by atoms with Gasteiger partial charge in [0, 0.05) is 6.54 Å². The number of benzene rings is 1. The van der Waals surface area contributed by atoms with Gasteiger partial charge in [-0.05, 0) is 23.8 Å². The first kappa shape index (κ1) is 14.6. The van der Waals surface area contributed by atoms with Crippen LogP contribution in [0, 0.1) is 0 Å². The van der Waals surface area contributed by atoms with Crippen LogP contribution >= 0.6 is 23.2 Å². The molecule has 0 unspecified atom stereocenters. The Hall–Kier alpha value is -1.85. The lowest BCUT2D eigenvalue weighted by Gasteiger charge is -2.07. The molecule has 0 aliphatic rings. The number of aromatic nitrogens is 2. The normalized spacial score (nSPS) is 10.2. The molecule has 5 nitrogen and oxygen atoms in total. The molecule has 0 saturated carbocycles. The number of ether oxygens (including phenoxy) is 1. The molecule has 0 saturated heterocycles. The molecule has 7 heteroatoms. The molecule has 1 heterocycles. The molecule has 1 aromatic carbocycles. The topological polar surface area (TPSA) is 64.1 Å². The van der Waals surface area contributed by atoms with E-state index < -0.39 is 0 Å². The van der Waals surface area contributed by atoms with Crippen molar-refractivity contribution < 1.29 is 9.53 Å². The minimum atomic E-state index is -0.359. The van der Waals surface area contributed by atoms with Gasteiger partial charge >= 0.3 is 0 Å². The first-order valence-electron chi connectivity index (χ1n) is 5.70. The monoisotopic (exact) mass is 311 g/mol. The molecule has 2 aromatic rings. The maximum atomic E-state index is 12.0. The molecule has 0 atom stereocenters. The fourth-order valence-electron chi connectivity index (χ4n) is 1.53. The van der Waals surface area contributed by atoms with Crippen molar-refractivity contribution in [3.05, 3.63) is 51.8 Å². The number of rotatable bonds is 4. The molecule has 1 aromatic heterocycles. The number of carbonyl (C=O) groups is 1. The second-order valence-electron chi connectivity index (χ2n) is 3.90. The highest BCUT2D eigenvalue weighted by Gasteiger charge is 2.12. The number of hydrogen-bond acceptors (Lipinski definition) is 4. The third kappa shape index (κ3) is 3.59. The van der Waals surface area contributed by atoms with Crippen molar-refractivity contribution in [2.45, 2.75) is 6.54 Å². The Morgan fingerprint density at radius 1 is 1.25 bits per heavy atom. The zero-order valence-corrected chi connectivity index (χ0v) is 12.1. The van der Waals surface area contributed by atoms with Gasteiger partial charge < -0.3 is 10.1 Å². The number of amides is 1. The minimum absolute atomic E-state index is 0.0154. The predicted octanol–water partition coefficient (Wildman–Crippen LogP) is 2.72. The molecule has 0 radical (unpaired) electrons. The number of nitrogens with one attached hydrogen (secondary N) is 1. The molecule has 1 amide bonds. The molecule has 20 heavy (non-hydrogen) atoms. The van der Waals surface area contributed by atoms with Crippen LogP contribution in [0.2, 0.25) is 10.3 Å². The third-order valence-electron chi connectivity index (χ3n) is 2.58. The van der Waals surface area contributed by atoms with Crippen LogP contribution in [0.3, 0.4) is 0 Å². The smallest absolute Gasteiger partial charge is 0.254 e. The SMILES string of the molecule is COc1ccc(CNC(=O)c2cc(Cl)nnc2Cl)cc1. The average Bonchev–Trinajstić information content (AvgIpc) is 2.47. The van der Waals surface area contributed by atoms with E-state index in [1.165, 1.54) is 6.07 Å². The van der Waals surface area contributed by atoms with E-state index >= 15 is 0 Å². The van der Waals surface area contributed by atoms with Gasteiger partial charge in [0.25, 0.3) is 5.91 Å². The van der Waals surface area contributed by atoms with Crippen LogP contribution in [0.15, 0.2) is 30.3 Å². The molecule has 104 valence electrons. The lowest BCUT2D eigenvalue weighted by Crippen LogP contribution is -2.23. The molecule has 0 bridgehead atoms. The Morgan fingerprint density at radius 3 is 2.60 bits per heavy atom. The molecular weight excluding hydrogens is 301 g/mol. The number of hydrogen-bond donors (Lipinski definition) is 1. The summed E-state index contributed by atoms with van der Waals surface area (Å²) in [6.07, 6.45) is 0. The fourth-order valence-corrected chi connectivity index (χ4v) is 1.86. The van der Waals surface area contributed by atoms with Gasteiger partial charge in [-0.3, -0.25) is 4.79 Å². The van der Waals surface area contributed by atoms with Crippen molar-refractivity contribution in [3.63, 3.8) is 0 Å². The van der Waals surface area contributed by atoms with Crippen LogP contribution in [0.25, 0.3) is 0 Å². The van der Waals surface area contributed by atoms with E-state index in [1.54, 1.807) is 7.11 Å². The summed E-state index contributed by atoms with van der Waals surface area (Å²) in [5, 5.41) is 9.99. The van der Waals surface area contributed by atoms with Gasteiger partial charge in [-0.25, -0.2) is 0 Å².